The summed E-state index contributed by atoms with van der Waals surface area (Å²) in [6, 6.07) is 12.3. The number of rotatable bonds is 5. The zero-order valence-electron chi connectivity index (χ0n) is 13.9. The minimum Gasteiger partial charge on any atom is -0.370 e. The molecule has 1 unspecified atom stereocenters. The molecular weight excluding hydrogens is 399 g/mol. The van der Waals surface area contributed by atoms with Crippen LogP contribution < -0.4 is 11.1 Å². The number of guanidine groups is 1. The lowest BCUT2D eigenvalue weighted by atomic mass is 9.99. The minimum absolute atomic E-state index is 0. The van der Waals surface area contributed by atoms with Crippen molar-refractivity contribution in [3.8, 4) is 0 Å². The van der Waals surface area contributed by atoms with Crippen LogP contribution in [0.4, 0.5) is 5.69 Å². The standard InChI is InChI=1S/C18H24N4.HI/c1-4-13(2)15-7-9-16(10-8-15)22-18(19)21-12-17-14(3)6-5-11-20-17;/h5-11,13H,4,12H2,1-3H3,(H3,19,21,22);1H. The molecule has 0 aliphatic heterocycles. The van der Waals surface area contributed by atoms with Crippen LogP contribution in [0.2, 0.25) is 0 Å². The van der Waals surface area contributed by atoms with Gasteiger partial charge in [-0.05, 0) is 48.6 Å². The van der Waals surface area contributed by atoms with Gasteiger partial charge in [0.2, 0.25) is 0 Å². The molecule has 0 radical (unpaired) electrons. The van der Waals surface area contributed by atoms with Gasteiger partial charge in [0.15, 0.2) is 5.96 Å². The Morgan fingerprint density at radius 1 is 1.26 bits per heavy atom. The quantitative estimate of drug-likeness (QED) is 0.424. The predicted octanol–water partition coefficient (Wildman–Crippen LogP) is 4.45. The predicted molar refractivity (Wildman–Crippen MR) is 108 cm³/mol. The molecule has 124 valence electrons. The van der Waals surface area contributed by atoms with Crippen LogP contribution in [0.5, 0.6) is 0 Å². The first kappa shape index (κ1) is 19.4. The fourth-order valence-corrected chi connectivity index (χ4v) is 2.16. The van der Waals surface area contributed by atoms with Gasteiger partial charge in [-0.25, -0.2) is 4.99 Å². The number of nitrogens with two attached hydrogens (primary N) is 1. The van der Waals surface area contributed by atoms with Crippen LogP contribution in [0.25, 0.3) is 0 Å². The van der Waals surface area contributed by atoms with Gasteiger partial charge in [0.05, 0.1) is 12.2 Å². The molecule has 2 rings (SSSR count). The smallest absolute Gasteiger partial charge is 0.193 e. The number of nitrogens with one attached hydrogen (secondary N) is 1. The molecular formula is C18H25IN4. The van der Waals surface area contributed by atoms with Crippen molar-refractivity contribution in [1.82, 2.24) is 4.98 Å². The Morgan fingerprint density at radius 2 is 1.96 bits per heavy atom. The second kappa shape index (κ2) is 9.50. The third-order valence-corrected chi connectivity index (χ3v) is 3.88. The number of anilines is 1. The second-order valence-electron chi connectivity index (χ2n) is 5.52. The highest BCUT2D eigenvalue weighted by Crippen LogP contribution is 2.20. The molecule has 0 spiro atoms. The fraction of sp³-hybridized carbons (Fsp3) is 0.333. The van der Waals surface area contributed by atoms with Crippen LogP contribution in [0.15, 0.2) is 47.6 Å². The molecule has 0 saturated heterocycles. The van der Waals surface area contributed by atoms with E-state index < -0.39 is 0 Å². The summed E-state index contributed by atoms with van der Waals surface area (Å²) in [5.74, 6) is 0.980. The van der Waals surface area contributed by atoms with Crippen LogP contribution in [-0.4, -0.2) is 10.9 Å². The second-order valence-corrected chi connectivity index (χ2v) is 5.52. The van der Waals surface area contributed by atoms with Gasteiger partial charge in [-0.15, -0.1) is 24.0 Å². The van der Waals surface area contributed by atoms with Crippen molar-refractivity contribution in [2.24, 2.45) is 10.7 Å². The topological polar surface area (TPSA) is 63.3 Å². The number of halogens is 1. The Morgan fingerprint density at radius 3 is 2.57 bits per heavy atom. The van der Waals surface area contributed by atoms with Crippen molar-refractivity contribution in [3.63, 3.8) is 0 Å². The van der Waals surface area contributed by atoms with E-state index in [0.29, 0.717) is 18.4 Å². The zero-order valence-corrected chi connectivity index (χ0v) is 16.2. The summed E-state index contributed by atoms with van der Waals surface area (Å²) in [7, 11) is 0. The van der Waals surface area contributed by atoms with Gasteiger partial charge in [-0.2, -0.15) is 0 Å². The third kappa shape index (κ3) is 5.82. The van der Waals surface area contributed by atoms with Gasteiger partial charge >= 0.3 is 0 Å². The van der Waals surface area contributed by atoms with E-state index in [0.717, 1.165) is 23.4 Å². The van der Waals surface area contributed by atoms with Crippen molar-refractivity contribution in [3.05, 3.63) is 59.4 Å². The molecule has 0 aliphatic carbocycles. The van der Waals surface area contributed by atoms with E-state index in [2.05, 4.69) is 41.3 Å². The summed E-state index contributed by atoms with van der Waals surface area (Å²) in [5.41, 5.74) is 10.3. The van der Waals surface area contributed by atoms with E-state index in [1.54, 1.807) is 6.20 Å². The maximum Gasteiger partial charge on any atom is 0.193 e. The Bertz CT molecular complexity index is 638. The third-order valence-electron chi connectivity index (χ3n) is 3.88. The maximum absolute atomic E-state index is 5.94. The molecule has 0 bridgehead atoms. The van der Waals surface area contributed by atoms with Crippen LogP contribution in [0.1, 0.15) is 43.0 Å². The number of aromatic nitrogens is 1. The molecule has 1 heterocycles. The maximum atomic E-state index is 5.94. The fourth-order valence-electron chi connectivity index (χ4n) is 2.16. The first-order valence-corrected chi connectivity index (χ1v) is 7.67. The lowest BCUT2D eigenvalue weighted by molar-refractivity contribution is 0.734. The van der Waals surface area contributed by atoms with Crippen LogP contribution in [0.3, 0.4) is 0 Å². The Balaban J connectivity index is 0.00000264. The first-order valence-electron chi connectivity index (χ1n) is 7.67. The summed E-state index contributed by atoms with van der Waals surface area (Å²) >= 11 is 0. The average molecular weight is 424 g/mol. The molecule has 2 aromatic rings. The molecule has 0 fully saturated rings. The lowest BCUT2D eigenvalue weighted by Gasteiger charge is -2.11. The van der Waals surface area contributed by atoms with E-state index >= 15 is 0 Å². The molecule has 23 heavy (non-hydrogen) atoms. The van der Waals surface area contributed by atoms with E-state index in [1.165, 1.54) is 5.56 Å². The number of hydrogen-bond donors (Lipinski definition) is 2. The van der Waals surface area contributed by atoms with Crippen LogP contribution in [0, 0.1) is 6.92 Å². The highest BCUT2D eigenvalue weighted by molar-refractivity contribution is 14.0. The van der Waals surface area contributed by atoms with Crippen molar-refractivity contribution >= 4 is 35.6 Å². The summed E-state index contributed by atoms with van der Waals surface area (Å²) in [4.78, 5) is 8.65. The van der Waals surface area contributed by atoms with E-state index in [1.807, 2.05) is 31.2 Å². The molecule has 0 saturated carbocycles. The largest absolute Gasteiger partial charge is 0.370 e. The summed E-state index contributed by atoms with van der Waals surface area (Å²) in [6.07, 6.45) is 2.91. The Hall–Kier alpha value is -1.63. The van der Waals surface area contributed by atoms with Gasteiger partial charge < -0.3 is 11.1 Å². The molecule has 3 N–H and O–H groups in total. The van der Waals surface area contributed by atoms with Gasteiger partial charge in [-0.1, -0.05) is 32.0 Å². The zero-order chi connectivity index (χ0) is 15.9. The Kier molecular flexibility index (Phi) is 8.02. The molecule has 4 nitrogen and oxygen atoms in total. The van der Waals surface area contributed by atoms with Gasteiger partial charge in [0.1, 0.15) is 0 Å². The van der Waals surface area contributed by atoms with Crippen LogP contribution in [-0.2, 0) is 6.54 Å². The first-order chi connectivity index (χ1) is 10.6. The normalized spacial score (nSPS) is 12.4. The number of hydrogen-bond acceptors (Lipinski definition) is 2. The molecule has 1 aromatic carbocycles. The van der Waals surface area contributed by atoms with Crippen molar-refractivity contribution in [1.29, 1.82) is 0 Å². The van der Waals surface area contributed by atoms with Crippen molar-refractivity contribution in [2.75, 3.05) is 5.32 Å². The number of aryl methyl sites for hydroxylation is 1. The number of benzene rings is 1. The van der Waals surface area contributed by atoms with Gasteiger partial charge in [0, 0.05) is 11.9 Å². The van der Waals surface area contributed by atoms with E-state index in [9.17, 15) is 0 Å². The highest BCUT2D eigenvalue weighted by atomic mass is 127. The van der Waals surface area contributed by atoms with Crippen molar-refractivity contribution in [2.45, 2.75) is 39.7 Å². The van der Waals surface area contributed by atoms with E-state index in [4.69, 9.17) is 5.73 Å². The van der Waals surface area contributed by atoms with Gasteiger partial charge in [0.25, 0.3) is 0 Å². The summed E-state index contributed by atoms with van der Waals surface area (Å²) < 4.78 is 0. The molecule has 0 amide bonds. The van der Waals surface area contributed by atoms with Crippen LogP contribution >= 0.6 is 24.0 Å². The number of aliphatic imine (C=N–C) groups is 1. The minimum atomic E-state index is 0. The summed E-state index contributed by atoms with van der Waals surface area (Å²) in [5, 5.41) is 3.12. The molecule has 5 heteroatoms. The van der Waals surface area contributed by atoms with Gasteiger partial charge in [-0.3, -0.25) is 4.98 Å². The van der Waals surface area contributed by atoms with E-state index in [-0.39, 0.29) is 24.0 Å². The SMILES string of the molecule is CCC(C)c1ccc(NC(N)=NCc2ncccc2C)cc1.I. The summed E-state index contributed by atoms with van der Waals surface area (Å²) in [6.45, 7) is 6.93. The average Bonchev–Trinajstić information content (AvgIpc) is 2.54. The molecule has 0 aliphatic rings. The molecule has 1 aromatic heterocycles. The lowest BCUT2D eigenvalue weighted by Crippen LogP contribution is -2.22. The Labute approximate surface area is 155 Å². The molecule has 1 atom stereocenters. The monoisotopic (exact) mass is 424 g/mol. The highest BCUT2D eigenvalue weighted by Gasteiger charge is 2.03. The number of pyridine rings is 1. The van der Waals surface area contributed by atoms with Crippen molar-refractivity contribution < 1.29 is 0 Å². The number of nitrogens with zero attached hydrogens (tertiary/aromatic N) is 2.